The lowest BCUT2D eigenvalue weighted by Crippen LogP contribution is -2.21. The maximum atomic E-state index is 12.8. The molecule has 5 nitrogen and oxygen atoms in total. The Kier molecular flexibility index (Phi) is 5.31. The third-order valence-corrected chi connectivity index (χ3v) is 4.74. The summed E-state index contributed by atoms with van der Waals surface area (Å²) in [6, 6.07) is 14.5. The van der Waals surface area contributed by atoms with E-state index in [1.807, 2.05) is 49.3 Å². The van der Waals surface area contributed by atoms with Gasteiger partial charge in [0.2, 0.25) is 0 Å². The summed E-state index contributed by atoms with van der Waals surface area (Å²) < 4.78 is 5.47. The molecule has 0 saturated heterocycles. The van der Waals surface area contributed by atoms with E-state index < -0.39 is 5.63 Å². The van der Waals surface area contributed by atoms with Gasteiger partial charge in [0, 0.05) is 55.6 Å². The second kappa shape index (κ2) is 7.66. The first-order chi connectivity index (χ1) is 12.9. The van der Waals surface area contributed by atoms with Gasteiger partial charge in [-0.3, -0.25) is 4.79 Å². The highest BCUT2D eigenvalue weighted by atomic mass is 16.4. The fourth-order valence-corrected chi connectivity index (χ4v) is 3.11. The van der Waals surface area contributed by atoms with Gasteiger partial charge in [-0.25, -0.2) is 4.79 Å². The molecule has 0 saturated carbocycles. The lowest BCUT2D eigenvalue weighted by Gasteiger charge is -2.21. The predicted molar refractivity (Wildman–Crippen MR) is 110 cm³/mol. The van der Waals surface area contributed by atoms with Gasteiger partial charge < -0.3 is 14.2 Å². The highest BCUT2D eigenvalue weighted by Gasteiger charge is 2.16. The molecule has 0 amide bonds. The largest absolute Gasteiger partial charge is 0.422 e. The minimum atomic E-state index is -0.610. The molecule has 0 unspecified atom stereocenters. The van der Waals surface area contributed by atoms with E-state index >= 15 is 0 Å². The Morgan fingerprint density at radius 2 is 1.56 bits per heavy atom. The van der Waals surface area contributed by atoms with Gasteiger partial charge in [-0.05, 0) is 56.3 Å². The molecule has 0 radical (unpaired) electrons. The van der Waals surface area contributed by atoms with Gasteiger partial charge in [0.05, 0.1) is 0 Å². The van der Waals surface area contributed by atoms with Gasteiger partial charge in [-0.15, -0.1) is 0 Å². The minimum absolute atomic E-state index is 0.0516. The Balaban J connectivity index is 1.99. The fraction of sp³-hybridized carbons (Fsp3) is 0.273. The Bertz CT molecular complexity index is 1020. The zero-order valence-electron chi connectivity index (χ0n) is 16.2. The van der Waals surface area contributed by atoms with Crippen LogP contribution in [0.25, 0.3) is 11.0 Å². The molecule has 0 fully saturated rings. The summed E-state index contributed by atoms with van der Waals surface area (Å²) in [6.07, 6.45) is 0. The van der Waals surface area contributed by atoms with Crippen LogP contribution in [0.5, 0.6) is 0 Å². The van der Waals surface area contributed by atoms with Crippen LogP contribution in [0, 0.1) is 0 Å². The van der Waals surface area contributed by atoms with Crippen LogP contribution < -0.4 is 15.4 Å². The van der Waals surface area contributed by atoms with Crippen molar-refractivity contribution < 1.29 is 9.21 Å². The van der Waals surface area contributed by atoms with Crippen molar-refractivity contribution in [1.82, 2.24) is 0 Å². The van der Waals surface area contributed by atoms with E-state index in [1.165, 1.54) is 0 Å². The minimum Gasteiger partial charge on any atom is -0.422 e. The van der Waals surface area contributed by atoms with E-state index in [9.17, 15) is 9.59 Å². The summed E-state index contributed by atoms with van der Waals surface area (Å²) in [7, 11) is 3.86. The molecule has 5 heteroatoms. The number of rotatable bonds is 6. The van der Waals surface area contributed by atoms with Gasteiger partial charge in [0.25, 0.3) is 0 Å². The van der Waals surface area contributed by atoms with Crippen LogP contribution in [0.2, 0.25) is 0 Å². The van der Waals surface area contributed by atoms with Crippen LogP contribution in [-0.4, -0.2) is 33.0 Å². The standard InChI is InChI=1S/C22H24N2O3/c1-5-24(6-2)18-12-9-16-13-19(22(26)27-20(16)14-18)21(25)15-7-10-17(11-8-15)23(3)4/h7-14H,5-6H2,1-4H3. The Morgan fingerprint density at radius 1 is 0.926 bits per heavy atom. The number of carbonyl (C=O) groups excluding carboxylic acids is 1. The number of ketones is 1. The molecule has 0 aliphatic carbocycles. The van der Waals surface area contributed by atoms with Gasteiger partial charge in [-0.2, -0.15) is 0 Å². The van der Waals surface area contributed by atoms with E-state index in [0.29, 0.717) is 11.1 Å². The molecule has 3 rings (SSSR count). The molecule has 3 aromatic rings. The van der Waals surface area contributed by atoms with Crippen LogP contribution in [-0.2, 0) is 0 Å². The third-order valence-electron chi connectivity index (χ3n) is 4.74. The molecular formula is C22H24N2O3. The van der Waals surface area contributed by atoms with Gasteiger partial charge >= 0.3 is 5.63 Å². The van der Waals surface area contributed by atoms with Crippen molar-refractivity contribution in [2.75, 3.05) is 37.0 Å². The lowest BCUT2D eigenvalue weighted by molar-refractivity contribution is 0.103. The smallest absolute Gasteiger partial charge is 0.347 e. The first kappa shape index (κ1) is 18.7. The van der Waals surface area contributed by atoms with Crippen LogP contribution in [0.1, 0.15) is 29.8 Å². The van der Waals surface area contributed by atoms with Crippen LogP contribution in [0.15, 0.2) is 57.7 Å². The van der Waals surface area contributed by atoms with E-state index in [4.69, 9.17) is 4.42 Å². The quantitative estimate of drug-likeness (QED) is 0.490. The first-order valence-electron chi connectivity index (χ1n) is 9.09. The molecule has 0 atom stereocenters. The highest BCUT2D eigenvalue weighted by molar-refractivity contribution is 6.10. The van der Waals surface area contributed by atoms with E-state index in [-0.39, 0.29) is 11.3 Å². The maximum Gasteiger partial charge on any atom is 0.347 e. The molecule has 1 aromatic heterocycles. The molecule has 27 heavy (non-hydrogen) atoms. The van der Waals surface area contributed by atoms with E-state index in [1.54, 1.807) is 18.2 Å². The lowest BCUT2D eigenvalue weighted by atomic mass is 10.0. The number of anilines is 2. The molecule has 0 spiro atoms. The number of nitrogens with zero attached hydrogens (tertiary/aromatic N) is 2. The van der Waals surface area contributed by atoms with Crippen LogP contribution >= 0.6 is 0 Å². The third kappa shape index (κ3) is 3.72. The van der Waals surface area contributed by atoms with Gasteiger partial charge in [0.15, 0.2) is 5.78 Å². The topological polar surface area (TPSA) is 53.8 Å². The molecule has 140 valence electrons. The van der Waals surface area contributed by atoms with Crippen molar-refractivity contribution in [3.63, 3.8) is 0 Å². The number of hydrogen-bond donors (Lipinski definition) is 0. The Morgan fingerprint density at radius 3 is 2.15 bits per heavy atom. The van der Waals surface area contributed by atoms with E-state index in [2.05, 4.69) is 18.7 Å². The zero-order valence-corrected chi connectivity index (χ0v) is 16.2. The van der Waals surface area contributed by atoms with Crippen LogP contribution in [0.4, 0.5) is 11.4 Å². The number of fused-ring (bicyclic) bond motifs is 1. The van der Waals surface area contributed by atoms with Crippen molar-refractivity contribution in [3.8, 4) is 0 Å². The highest BCUT2D eigenvalue weighted by Crippen LogP contribution is 2.23. The predicted octanol–water partition coefficient (Wildman–Crippen LogP) is 3.94. The summed E-state index contributed by atoms with van der Waals surface area (Å²) in [5, 5.41) is 0.735. The summed E-state index contributed by atoms with van der Waals surface area (Å²) in [6.45, 7) is 5.89. The van der Waals surface area contributed by atoms with Crippen LogP contribution in [0.3, 0.4) is 0 Å². The normalized spacial score (nSPS) is 10.8. The van der Waals surface area contributed by atoms with E-state index in [0.717, 1.165) is 29.9 Å². The van der Waals surface area contributed by atoms with Gasteiger partial charge in [-0.1, -0.05) is 0 Å². The summed E-state index contributed by atoms with van der Waals surface area (Å²) in [5.74, 6) is -0.330. The van der Waals surface area contributed by atoms with Crippen molar-refractivity contribution in [3.05, 3.63) is 70.1 Å². The summed E-state index contributed by atoms with van der Waals surface area (Å²) in [5.41, 5.74) is 2.38. The Hall–Kier alpha value is -3.08. The van der Waals surface area contributed by atoms with Crippen molar-refractivity contribution in [2.45, 2.75) is 13.8 Å². The summed E-state index contributed by atoms with van der Waals surface area (Å²) >= 11 is 0. The van der Waals surface area contributed by atoms with Crippen molar-refractivity contribution >= 4 is 28.1 Å². The molecular weight excluding hydrogens is 340 g/mol. The average molecular weight is 364 g/mol. The van der Waals surface area contributed by atoms with Crippen molar-refractivity contribution in [1.29, 1.82) is 0 Å². The number of hydrogen-bond acceptors (Lipinski definition) is 5. The number of benzene rings is 2. The number of carbonyl (C=O) groups is 1. The molecule has 0 aliphatic heterocycles. The molecule has 2 aromatic carbocycles. The zero-order chi connectivity index (χ0) is 19.6. The second-order valence-corrected chi connectivity index (χ2v) is 6.61. The maximum absolute atomic E-state index is 12.8. The molecule has 0 aliphatic rings. The Labute approximate surface area is 158 Å². The average Bonchev–Trinajstić information content (AvgIpc) is 2.68. The molecule has 0 N–H and O–H groups in total. The summed E-state index contributed by atoms with van der Waals surface area (Å²) in [4.78, 5) is 29.3. The van der Waals surface area contributed by atoms with Gasteiger partial charge in [0.1, 0.15) is 11.1 Å². The van der Waals surface area contributed by atoms with Crippen molar-refractivity contribution in [2.24, 2.45) is 0 Å². The molecule has 0 bridgehead atoms. The fourth-order valence-electron chi connectivity index (χ4n) is 3.11. The SMILES string of the molecule is CCN(CC)c1ccc2cc(C(=O)c3ccc(N(C)C)cc3)c(=O)oc2c1. The monoisotopic (exact) mass is 364 g/mol. The first-order valence-corrected chi connectivity index (χ1v) is 9.09. The second-order valence-electron chi connectivity index (χ2n) is 6.61. The molecule has 1 heterocycles.